The van der Waals surface area contributed by atoms with E-state index in [1.54, 1.807) is 20.1 Å². The van der Waals surface area contributed by atoms with Crippen molar-refractivity contribution in [1.82, 2.24) is 10.5 Å². The number of benzene rings is 1. The predicted octanol–water partition coefficient (Wildman–Crippen LogP) is 3.87. The summed E-state index contributed by atoms with van der Waals surface area (Å²) in [4.78, 5) is 25.0. The highest BCUT2D eigenvalue weighted by atomic mass is 16.6. The minimum absolute atomic E-state index is 0.0156. The average molecular weight is 424 g/mol. The monoisotopic (exact) mass is 424 g/mol. The van der Waals surface area contributed by atoms with E-state index in [0.29, 0.717) is 29.7 Å². The highest BCUT2D eigenvalue weighted by molar-refractivity contribution is 5.79. The minimum Gasteiger partial charge on any atom is -0.497 e. The van der Waals surface area contributed by atoms with Gasteiger partial charge < -0.3 is 19.3 Å². The van der Waals surface area contributed by atoms with E-state index in [-0.39, 0.29) is 24.0 Å². The Labute approximate surface area is 181 Å². The van der Waals surface area contributed by atoms with Crippen molar-refractivity contribution < 1.29 is 23.6 Å². The molecular formula is C24H28N2O5. The summed E-state index contributed by atoms with van der Waals surface area (Å²) in [6.07, 6.45) is 5.51. The lowest BCUT2D eigenvalue weighted by molar-refractivity contribution is -0.177. The summed E-state index contributed by atoms with van der Waals surface area (Å²) in [7, 11) is 1.62. The third-order valence-electron chi connectivity index (χ3n) is 7.23. The van der Waals surface area contributed by atoms with Gasteiger partial charge in [-0.25, -0.2) is 0 Å². The standard InChI is InChI=1S/C24H28N2O5/c1-15(27)25-24-11-16-7-17(12-24)10-23(9-16,14-24)22(28)30-13-20-8-21(26-31-20)18-3-5-19(29-2)6-4-18/h3-6,8,16-17H,7,9-14H2,1-2H3,(H,25,27)/t16-,17-,23?,24?/m1/s1. The van der Waals surface area contributed by atoms with E-state index in [4.69, 9.17) is 14.0 Å². The lowest BCUT2D eigenvalue weighted by Gasteiger charge is -2.60. The van der Waals surface area contributed by atoms with Crippen LogP contribution in [0.5, 0.6) is 5.75 Å². The number of nitrogens with one attached hydrogen (secondary N) is 1. The van der Waals surface area contributed by atoms with Crippen LogP contribution in [-0.2, 0) is 20.9 Å². The van der Waals surface area contributed by atoms with Gasteiger partial charge >= 0.3 is 5.97 Å². The van der Waals surface area contributed by atoms with Gasteiger partial charge in [-0.2, -0.15) is 0 Å². The van der Waals surface area contributed by atoms with Crippen LogP contribution in [0.25, 0.3) is 11.3 Å². The number of rotatable bonds is 6. The van der Waals surface area contributed by atoms with Crippen molar-refractivity contribution in [1.29, 1.82) is 0 Å². The number of aromatic nitrogens is 1. The van der Waals surface area contributed by atoms with Gasteiger partial charge in [-0.05, 0) is 74.6 Å². The first-order valence-electron chi connectivity index (χ1n) is 10.9. The molecule has 1 heterocycles. The quantitative estimate of drug-likeness (QED) is 0.708. The van der Waals surface area contributed by atoms with Crippen LogP contribution in [-0.4, -0.2) is 29.7 Å². The zero-order valence-electron chi connectivity index (χ0n) is 18.0. The molecule has 4 fully saturated rings. The van der Waals surface area contributed by atoms with Crippen LogP contribution in [0.15, 0.2) is 34.9 Å². The number of hydrogen-bond donors (Lipinski definition) is 1. The predicted molar refractivity (Wildman–Crippen MR) is 112 cm³/mol. The van der Waals surface area contributed by atoms with E-state index in [0.717, 1.165) is 43.4 Å². The van der Waals surface area contributed by atoms with Gasteiger partial charge in [0.2, 0.25) is 5.91 Å². The van der Waals surface area contributed by atoms with Crippen LogP contribution in [0.4, 0.5) is 0 Å². The zero-order valence-corrected chi connectivity index (χ0v) is 18.0. The first-order valence-corrected chi connectivity index (χ1v) is 10.9. The fourth-order valence-electron chi connectivity index (χ4n) is 6.59. The average Bonchev–Trinajstić information content (AvgIpc) is 3.19. The molecule has 2 atom stereocenters. The fourth-order valence-corrected chi connectivity index (χ4v) is 6.59. The molecule has 7 nitrogen and oxygen atoms in total. The minimum atomic E-state index is -0.495. The van der Waals surface area contributed by atoms with Crippen LogP contribution in [0.3, 0.4) is 0 Å². The summed E-state index contributed by atoms with van der Waals surface area (Å²) in [6, 6.07) is 9.34. The SMILES string of the molecule is COc1ccc(-c2cc(COC(=O)C34C[C@H]5C[C@@H](CC(NC(C)=O)(C5)C3)C4)on2)cc1. The van der Waals surface area contributed by atoms with Crippen molar-refractivity contribution >= 4 is 11.9 Å². The van der Waals surface area contributed by atoms with Gasteiger partial charge in [0.05, 0.1) is 12.5 Å². The number of hydrogen-bond acceptors (Lipinski definition) is 6. The largest absolute Gasteiger partial charge is 0.497 e. The van der Waals surface area contributed by atoms with E-state index in [1.165, 1.54) is 0 Å². The van der Waals surface area contributed by atoms with Crippen molar-refractivity contribution in [3.8, 4) is 17.0 Å². The molecule has 2 aromatic rings. The molecule has 0 radical (unpaired) electrons. The summed E-state index contributed by atoms with van der Waals surface area (Å²) >= 11 is 0. The summed E-state index contributed by atoms with van der Waals surface area (Å²) < 4.78 is 16.3. The smallest absolute Gasteiger partial charge is 0.312 e. The van der Waals surface area contributed by atoms with Crippen LogP contribution < -0.4 is 10.1 Å². The Morgan fingerprint density at radius 3 is 2.52 bits per heavy atom. The van der Waals surface area contributed by atoms with Gasteiger partial charge in [0.1, 0.15) is 11.4 Å². The number of carbonyl (C=O) groups excluding carboxylic acids is 2. The van der Waals surface area contributed by atoms with Gasteiger partial charge in [0, 0.05) is 24.1 Å². The summed E-state index contributed by atoms with van der Waals surface area (Å²) in [5.41, 5.74) is 0.849. The molecule has 31 heavy (non-hydrogen) atoms. The maximum absolute atomic E-state index is 13.2. The third kappa shape index (κ3) is 3.70. The maximum Gasteiger partial charge on any atom is 0.312 e. The summed E-state index contributed by atoms with van der Waals surface area (Å²) in [5.74, 6) is 2.06. The molecule has 1 aromatic carbocycles. The number of amides is 1. The Hall–Kier alpha value is -2.83. The molecule has 0 aliphatic heterocycles. The molecule has 1 N–H and O–H groups in total. The maximum atomic E-state index is 13.2. The van der Waals surface area contributed by atoms with E-state index in [9.17, 15) is 9.59 Å². The Kier molecular flexibility index (Phi) is 4.79. The molecule has 0 saturated heterocycles. The molecule has 1 amide bonds. The molecule has 4 aliphatic rings. The third-order valence-corrected chi connectivity index (χ3v) is 7.23. The Morgan fingerprint density at radius 2 is 1.87 bits per heavy atom. The second kappa shape index (κ2) is 7.39. The van der Waals surface area contributed by atoms with Crippen molar-refractivity contribution in [2.24, 2.45) is 17.3 Å². The van der Waals surface area contributed by atoms with Crippen LogP contribution >= 0.6 is 0 Å². The van der Waals surface area contributed by atoms with E-state index >= 15 is 0 Å². The van der Waals surface area contributed by atoms with Crippen LogP contribution in [0.1, 0.15) is 51.2 Å². The number of ether oxygens (including phenoxy) is 2. The second-order valence-electron chi connectivity index (χ2n) is 9.69. The topological polar surface area (TPSA) is 90.7 Å². The second-order valence-corrected chi connectivity index (χ2v) is 9.69. The molecular weight excluding hydrogens is 396 g/mol. The Balaban J connectivity index is 1.27. The van der Waals surface area contributed by atoms with Crippen LogP contribution in [0, 0.1) is 17.3 Å². The van der Waals surface area contributed by atoms with Gasteiger partial charge in [0.25, 0.3) is 0 Å². The van der Waals surface area contributed by atoms with E-state index in [1.807, 2.05) is 24.3 Å². The van der Waals surface area contributed by atoms with Crippen molar-refractivity contribution in [2.45, 2.75) is 57.6 Å². The lowest BCUT2D eigenvalue weighted by Crippen LogP contribution is -2.64. The molecule has 0 spiro atoms. The Bertz CT molecular complexity index is 982. The number of carbonyl (C=O) groups is 2. The first-order chi connectivity index (χ1) is 14.9. The first kappa shape index (κ1) is 20.1. The van der Waals surface area contributed by atoms with Gasteiger partial charge in [-0.3, -0.25) is 9.59 Å². The zero-order chi connectivity index (χ0) is 21.6. The summed E-state index contributed by atoms with van der Waals surface area (Å²) in [5, 5.41) is 7.29. The number of methoxy groups -OCH3 is 1. The molecule has 7 heteroatoms. The van der Waals surface area contributed by atoms with Crippen molar-refractivity contribution in [3.05, 3.63) is 36.1 Å². The highest BCUT2D eigenvalue weighted by Gasteiger charge is 2.61. The number of nitrogens with zero attached hydrogens (tertiary/aromatic N) is 1. The van der Waals surface area contributed by atoms with E-state index in [2.05, 4.69) is 10.5 Å². The van der Waals surface area contributed by atoms with Gasteiger partial charge in [0.15, 0.2) is 12.4 Å². The molecule has 1 aromatic heterocycles. The molecule has 4 aliphatic carbocycles. The number of esters is 1. The molecule has 164 valence electrons. The molecule has 4 bridgehead atoms. The van der Waals surface area contributed by atoms with Crippen molar-refractivity contribution in [2.75, 3.05) is 7.11 Å². The highest BCUT2D eigenvalue weighted by Crippen LogP contribution is 2.62. The molecule has 6 rings (SSSR count). The Morgan fingerprint density at radius 1 is 1.16 bits per heavy atom. The van der Waals surface area contributed by atoms with E-state index < -0.39 is 5.41 Å². The van der Waals surface area contributed by atoms with Crippen LogP contribution in [0.2, 0.25) is 0 Å². The molecule has 0 unspecified atom stereocenters. The van der Waals surface area contributed by atoms with Gasteiger partial charge in [-0.1, -0.05) is 5.16 Å². The lowest BCUT2D eigenvalue weighted by atomic mass is 9.47. The van der Waals surface area contributed by atoms with Gasteiger partial charge in [-0.15, -0.1) is 0 Å². The normalized spacial score (nSPS) is 30.8. The van der Waals surface area contributed by atoms with Crippen molar-refractivity contribution in [3.63, 3.8) is 0 Å². The fraction of sp³-hybridized carbons (Fsp3) is 0.542. The molecule has 4 saturated carbocycles. The summed E-state index contributed by atoms with van der Waals surface area (Å²) in [6.45, 7) is 1.63.